The number of ether oxygens (including phenoxy) is 1. The van der Waals surface area contributed by atoms with Crippen LogP contribution in [0.5, 0.6) is 0 Å². The van der Waals surface area contributed by atoms with Crippen LogP contribution in [0, 0.1) is 16.7 Å². The van der Waals surface area contributed by atoms with Gasteiger partial charge >= 0.3 is 5.97 Å². The van der Waals surface area contributed by atoms with E-state index in [4.69, 9.17) is 10.00 Å². The number of carbonyl (C=O) groups is 2. The predicted octanol–water partition coefficient (Wildman–Crippen LogP) is 1.09. The summed E-state index contributed by atoms with van der Waals surface area (Å²) in [6.07, 6.45) is 1.18. The van der Waals surface area contributed by atoms with Crippen LogP contribution < -0.4 is 0 Å². The van der Waals surface area contributed by atoms with E-state index in [0.717, 1.165) is 0 Å². The van der Waals surface area contributed by atoms with E-state index in [1.165, 1.54) is 4.90 Å². The molecule has 1 aliphatic rings. The third kappa shape index (κ3) is 2.96. The van der Waals surface area contributed by atoms with E-state index in [9.17, 15) is 9.59 Å². The molecule has 0 heterocycles. The third-order valence-corrected chi connectivity index (χ3v) is 2.86. The normalized spacial score (nSPS) is 16.2. The summed E-state index contributed by atoms with van der Waals surface area (Å²) in [6, 6.07) is 1.94. The average molecular weight is 238 g/mol. The second kappa shape index (κ2) is 5.17. The van der Waals surface area contributed by atoms with Crippen LogP contribution in [0.25, 0.3) is 0 Å². The molecule has 1 fully saturated rings. The zero-order valence-electron chi connectivity index (χ0n) is 10.5. The summed E-state index contributed by atoms with van der Waals surface area (Å²) in [7, 11) is 0. The van der Waals surface area contributed by atoms with Crippen LogP contribution in [0.2, 0.25) is 0 Å². The lowest BCUT2D eigenvalue weighted by atomic mass is 10.1. The lowest BCUT2D eigenvalue weighted by Gasteiger charge is -2.27. The molecule has 0 N–H and O–H groups in total. The first-order valence-electron chi connectivity index (χ1n) is 5.85. The molecule has 0 saturated heterocycles. The molecule has 0 bridgehead atoms. The fourth-order valence-corrected chi connectivity index (χ4v) is 1.61. The Morgan fingerprint density at radius 2 is 2.06 bits per heavy atom. The van der Waals surface area contributed by atoms with E-state index in [2.05, 4.69) is 0 Å². The van der Waals surface area contributed by atoms with Crippen LogP contribution >= 0.6 is 0 Å². The lowest BCUT2D eigenvalue weighted by Crippen LogP contribution is -2.44. The maximum absolute atomic E-state index is 12.1. The van der Waals surface area contributed by atoms with Crippen molar-refractivity contribution in [3.8, 4) is 6.07 Å². The number of amides is 1. The Balaban J connectivity index is 2.70. The highest BCUT2D eigenvalue weighted by Crippen LogP contribution is 2.46. The summed E-state index contributed by atoms with van der Waals surface area (Å²) in [4.78, 5) is 25.0. The molecule has 0 aromatic heterocycles. The summed E-state index contributed by atoms with van der Waals surface area (Å²) in [5, 5.41) is 8.98. The minimum Gasteiger partial charge on any atom is -0.465 e. The molecule has 0 aliphatic heterocycles. The topological polar surface area (TPSA) is 70.4 Å². The first-order valence-corrected chi connectivity index (χ1v) is 5.85. The Kier molecular flexibility index (Phi) is 4.11. The summed E-state index contributed by atoms with van der Waals surface area (Å²) < 4.78 is 4.82. The molecule has 17 heavy (non-hydrogen) atoms. The molecule has 0 unspecified atom stereocenters. The minimum absolute atomic E-state index is 0.0756. The maximum atomic E-state index is 12.1. The SMILES string of the molecule is CCOC(=O)CN(C(=O)C1(C#N)CC1)C(C)C. The van der Waals surface area contributed by atoms with E-state index in [0.29, 0.717) is 19.4 Å². The van der Waals surface area contributed by atoms with Crippen LogP contribution in [0.15, 0.2) is 0 Å². The Morgan fingerprint density at radius 3 is 2.41 bits per heavy atom. The number of hydrogen-bond donors (Lipinski definition) is 0. The van der Waals surface area contributed by atoms with Crippen molar-refractivity contribution >= 4 is 11.9 Å². The smallest absolute Gasteiger partial charge is 0.325 e. The Labute approximate surface area is 101 Å². The first-order chi connectivity index (χ1) is 7.96. The highest BCUT2D eigenvalue weighted by atomic mass is 16.5. The predicted molar refractivity (Wildman–Crippen MR) is 60.8 cm³/mol. The van der Waals surface area contributed by atoms with Gasteiger partial charge in [-0.15, -0.1) is 0 Å². The standard InChI is InChI=1S/C12H18N2O3/c1-4-17-10(15)7-14(9(2)3)11(16)12(8-13)5-6-12/h9H,4-7H2,1-3H3. The molecule has 1 rings (SSSR count). The van der Waals surface area contributed by atoms with Crippen LogP contribution in [-0.2, 0) is 14.3 Å². The highest BCUT2D eigenvalue weighted by Gasteiger charge is 2.53. The van der Waals surface area contributed by atoms with Crippen molar-refractivity contribution in [1.82, 2.24) is 4.90 Å². The third-order valence-electron chi connectivity index (χ3n) is 2.86. The number of esters is 1. The van der Waals surface area contributed by atoms with Crippen LogP contribution in [0.1, 0.15) is 33.6 Å². The van der Waals surface area contributed by atoms with Gasteiger partial charge in [0, 0.05) is 6.04 Å². The molecule has 0 spiro atoms. The van der Waals surface area contributed by atoms with Gasteiger partial charge in [0.05, 0.1) is 12.7 Å². The monoisotopic (exact) mass is 238 g/mol. The van der Waals surface area contributed by atoms with Crippen molar-refractivity contribution in [2.75, 3.05) is 13.2 Å². The van der Waals surface area contributed by atoms with Crippen molar-refractivity contribution in [1.29, 1.82) is 5.26 Å². The molecule has 5 heteroatoms. The van der Waals surface area contributed by atoms with Gasteiger partial charge in [0.15, 0.2) is 0 Å². The molecule has 1 aliphatic carbocycles. The Hall–Kier alpha value is -1.57. The minimum atomic E-state index is -0.878. The molecule has 1 amide bonds. The van der Waals surface area contributed by atoms with Gasteiger partial charge in [-0.2, -0.15) is 5.26 Å². The van der Waals surface area contributed by atoms with Gasteiger partial charge in [-0.05, 0) is 33.6 Å². The fourth-order valence-electron chi connectivity index (χ4n) is 1.61. The fraction of sp³-hybridized carbons (Fsp3) is 0.750. The second-order valence-electron chi connectivity index (χ2n) is 4.53. The van der Waals surface area contributed by atoms with Gasteiger partial charge < -0.3 is 9.64 Å². The molecule has 0 aromatic rings. The van der Waals surface area contributed by atoms with Crippen LogP contribution in [0.3, 0.4) is 0 Å². The zero-order chi connectivity index (χ0) is 13.1. The largest absolute Gasteiger partial charge is 0.465 e. The molecule has 94 valence electrons. The summed E-state index contributed by atoms with van der Waals surface area (Å²) in [6.45, 7) is 5.59. The zero-order valence-corrected chi connectivity index (χ0v) is 10.5. The average Bonchev–Trinajstić information content (AvgIpc) is 3.06. The van der Waals surface area contributed by atoms with Crippen LogP contribution in [-0.4, -0.2) is 36.0 Å². The van der Waals surface area contributed by atoms with Crippen molar-refractivity contribution in [2.45, 2.75) is 39.7 Å². The molecule has 0 atom stereocenters. The number of carbonyl (C=O) groups excluding carboxylic acids is 2. The Morgan fingerprint density at radius 1 is 1.47 bits per heavy atom. The molecule has 0 aromatic carbocycles. The van der Waals surface area contributed by atoms with Crippen LogP contribution in [0.4, 0.5) is 0 Å². The van der Waals surface area contributed by atoms with Gasteiger partial charge in [0.1, 0.15) is 12.0 Å². The van der Waals surface area contributed by atoms with Gasteiger partial charge in [-0.1, -0.05) is 0 Å². The number of nitrogens with zero attached hydrogens (tertiary/aromatic N) is 2. The van der Waals surface area contributed by atoms with Gasteiger partial charge in [0.2, 0.25) is 5.91 Å². The number of rotatable bonds is 5. The summed E-state index contributed by atoms with van der Waals surface area (Å²) >= 11 is 0. The van der Waals surface area contributed by atoms with Gasteiger partial charge in [0.25, 0.3) is 0 Å². The molecular weight excluding hydrogens is 220 g/mol. The molecule has 5 nitrogen and oxygen atoms in total. The van der Waals surface area contributed by atoms with E-state index in [-0.39, 0.29) is 18.5 Å². The maximum Gasteiger partial charge on any atom is 0.325 e. The Bertz CT molecular complexity index is 353. The van der Waals surface area contributed by atoms with Crippen molar-refractivity contribution in [3.63, 3.8) is 0 Å². The van der Waals surface area contributed by atoms with E-state index < -0.39 is 11.4 Å². The number of nitriles is 1. The van der Waals surface area contributed by atoms with E-state index in [1.807, 2.05) is 19.9 Å². The van der Waals surface area contributed by atoms with Crippen molar-refractivity contribution in [3.05, 3.63) is 0 Å². The van der Waals surface area contributed by atoms with Crippen molar-refractivity contribution in [2.24, 2.45) is 5.41 Å². The molecular formula is C12H18N2O3. The van der Waals surface area contributed by atoms with Gasteiger partial charge in [-0.25, -0.2) is 0 Å². The van der Waals surface area contributed by atoms with Crippen molar-refractivity contribution < 1.29 is 14.3 Å². The summed E-state index contributed by atoms with van der Waals surface area (Å²) in [5.41, 5.74) is -0.878. The highest BCUT2D eigenvalue weighted by molar-refractivity contribution is 5.91. The first kappa shape index (κ1) is 13.5. The quantitative estimate of drug-likeness (QED) is 0.672. The number of hydrogen-bond acceptors (Lipinski definition) is 4. The van der Waals surface area contributed by atoms with Gasteiger partial charge in [-0.3, -0.25) is 9.59 Å². The summed E-state index contributed by atoms with van der Waals surface area (Å²) in [5.74, 6) is -0.675. The molecule has 0 radical (unpaired) electrons. The van der Waals surface area contributed by atoms with E-state index >= 15 is 0 Å². The molecule has 1 saturated carbocycles. The lowest BCUT2D eigenvalue weighted by molar-refractivity contribution is -0.151. The second-order valence-corrected chi connectivity index (χ2v) is 4.53. The van der Waals surface area contributed by atoms with E-state index in [1.54, 1.807) is 6.92 Å².